The summed E-state index contributed by atoms with van der Waals surface area (Å²) in [5.41, 5.74) is 2.75. The highest BCUT2D eigenvalue weighted by atomic mass is 35.5. The van der Waals surface area contributed by atoms with E-state index in [1.165, 1.54) is 0 Å². The average Bonchev–Trinajstić information content (AvgIpc) is 3.23. The number of piperazine rings is 1. The maximum absolute atomic E-state index is 12.9. The van der Waals surface area contributed by atoms with Gasteiger partial charge in [0, 0.05) is 38.3 Å². The topological polar surface area (TPSA) is 70.8 Å². The lowest BCUT2D eigenvalue weighted by Gasteiger charge is -2.36. The van der Waals surface area contributed by atoms with Crippen molar-refractivity contribution >= 4 is 23.2 Å². The molecule has 1 aliphatic rings. The molecule has 1 aliphatic heterocycles. The minimum Gasteiger partial charge on any atom is -0.495 e. The number of para-hydroxylation sites is 2. The van der Waals surface area contributed by atoms with Crippen LogP contribution in [0.5, 0.6) is 5.75 Å². The summed E-state index contributed by atoms with van der Waals surface area (Å²) in [7, 11) is 1.71. The second-order valence-corrected chi connectivity index (χ2v) is 8.46. The van der Waals surface area contributed by atoms with Crippen LogP contribution >= 0.6 is 11.6 Å². The summed E-state index contributed by atoms with van der Waals surface area (Å²) in [4.78, 5) is 17.6. The van der Waals surface area contributed by atoms with Crippen LogP contribution in [-0.4, -0.2) is 62.3 Å². The summed E-state index contributed by atoms with van der Waals surface area (Å²) in [5, 5.41) is 7.62. The van der Waals surface area contributed by atoms with Gasteiger partial charge in [0.1, 0.15) is 22.8 Å². The lowest BCUT2D eigenvalue weighted by molar-refractivity contribution is 0.0950. The van der Waals surface area contributed by atoms with Gasteiger partial charge in [0.05, 0.1) is 17.8 Å². The molecule has 1 aromatic heterocycles. The molecule has 3 aromatic rings. The quantitative estimate of drug-likeness (QED) is 0.498. The molecule has 0 unspecified atom stereocenters. The van der Waals surface area contributed by atoms with E-state index in [2.05, 4.69) is 26.3 Å². The van der Waals surface area contributed by atoms with E-state index in [4.69, 9.17) is 20.9 Å². The van der Waals surface area contributed by atoms with Crippen LogP contribution in [-0.2, 0) is 0 Å². The van der Waals surface area contributed by atoms with Crippen LogP contribution < -0.4 is 15.0 Å². The third-order valence-electron chi connectivity index (χ3n) is 5.95. The first-order chi connectivity index (χ1) is 16.1. The summed E-state index contributed by atoms with van der Waals surface area (Å²) in [6.07, 6.45) is 0.867. The van der Waals surface area contributed by atoms with Gasteiger partial charge in [-0.2, -0.15) is 0 Å². The van der Waals surface area contributed by atoms with Gasteiger partial charge in [0.15, 0.2) is 0 Å². The number of aryl methyl sites for hydroxylation is 1. The van der Waals surface area contributed by atoms with Crippen molar-refractivity contribution in [2.45, 2.75) is 13.3 Å². The largest absolute Gasteiger partial charge is 0.495 e. The normalized spacial score (nSPS) is 14.3. The van der Waals surface area contributed by atoms with Crippen molar-refractivity contribution in [1.82, 2.24) is 15.4 Å². The first kappa shape index (κ1) is 23.1. The molecule has 7 nitrogen and oxygen atoms in total. The fourth-order valence-corrected chi connectivity index (χ4v) is 4.40. The molecule has 1 fully saturated rings. The Balaban J connectivity index is 1.26. The van der Waals surface area contributed by atoms with Gasteiger partial charge < -0.3 is 19.5 Å². The predicted molar refractivity (Wildman–Crippen MR) is 130 cm³/mol. The summed E-state index contributed by atoms with van der Waals surface area (Å²) >= 11 is 6.29. The predicted octanol–water partition coefficient (Wildman–Crippen LogP) is 4.25. The first-order valence-electron chi connectivity index (χ1n) is 11.2. The van der Waals surface area contributed by atoms with Crippen molar-refractivity contribution in [3.63, 3.8) is 0 Å². The Morgan fingerprint density at radius 2 is 1.85 bits per heavy atom. The lowest BCUT2D eigenvalue weighted by Crippen LogP contribution is -2.47. The fourth-order valence-electron chi connectivity index (χ4n) is 4.17. The molecule has 0 radical (unpaired) electrons. The number of hydrogen-bond donors (Lipinski definition) is 1. The number of halogens is 1. The van der Waals surface area contributed by atoms with Gasteiger partial charge >= 0.3 is 0 Å². The molecule has 0 spiro atoms. The summed E-state index contributed by atoms with van der Waals surface area (Å²) < 4.78 is 10.8. The SMILES string of the molecule is COc1ccccc1N1CCN(CCCNC(=O)c2c(-c3ccccc3Cl)noc2C)CC1. The molecule has 2 heterocycles. The van der Waals surface area contributed by atoms with Crippen molar-refractivity contribution < 1.29 is 14.1 Å². The lowest BCUT2D eigenvalue weighted by atomic mass is 10.1. The van der Waals surface area contributed by atoms with E-state index in [9.17, 15) is 4.79 Å². The Morgan fingerprint density at radius 1 is 1.12 bits per heavy atom. The maximum atomic E-state index is 12.9. The minimum atomic E-state index is -0.190. The highest BCUT2D eigenvalue weighted by Crippen LogP contribution is 2.31. The van der Waals surface area contributed by atoms with Crippen LogP contribution in [0.1, 0.15) is 22.5 Å². The molecule has 0 saturated carbocycles. The highest BCUT2D eigenvalue weighted by molar-refractivity contribution is 6.33. The number of amides is 1. The van der Waals surface area contributed by atoms with Crippen LogP contribution in [0.15, 0.2) is 53.1 Å². The van der Waals surface area contributed by atoms with Crippen LogP contribution in [0.4, 0.5) is 5.69 Å². The summed E-state index contributed by atoms with van der Waals surface area (Å²) in [6.45, 7) is 7.12. The highest BCUT2D eigenvalue weighted by Gasteiger charge is 2.23. The molecule has 1 saturated heterocycles. The molecule has 0 aliphatic carbocycles. The molecular weight excluding hydrogens is 440 g/mol. The van der Waals surface area contributed by atoms with E-state index in [0.717, 1.165) is 50.6 Å². The number of methoxy groups -OCH3 is 1. The van der Waals surface area contributed by atoms with Gasteiger partial charge in [-0.15, -0.1) is 0 Å². The van der Waals surface area contributed by atoms with E-state index < -0.39 is 0 Å². The van der Waals surface area contributed by atoms with Gasteiger partial charge in [-0.3, -0.25) is 9.69 Å². The molecule has 2 aromatic carbocycles. The molecule has 1 amide bonds. The number of nitrogens with one attached hydrogen (secondary N) is 1. The van der Waals surface area contributed by atoms with E-state index in [-0.39, 0.29) is 5.91 Å². The van der Waals surface area contributed by atoms with E-state index in [1.54, 1.807) is 20.1 Å². The molecule has 8 heteroatoms. The number of benzene rings is 2. The summed E-state index contributed by atoms with van der Waals surface area (Å²) in [6, 6.07) is 15.5. The number of aromatic nitrogens is 1. The third-order valence-corrected chi connectivity index (χ3v) is 6.28. The molecule has 0 bridgehead atoms. The van der Waals surface area contributed by atoms with Crippen LogP contribution in [0.25, 0.3) is 11.3 Å². The molecular formula is C25H29ClN4O3. The van der Waals surface area contributed by atoms with Crippen molar-refractivity contribution in [1.29, 1.82) is 0 Å². The Morgan fingerprint density at radius 3 is 2.61 bits per heavy atom. The fraction of sp³-hybridized carbons (Fsp3) is 0.360. The zero-order valence-electron chi connectivity index (χ0n) is 19.0. The Bertz CT molecular complexity index is 1090. The Labute approximate surface area is 199 Å². The molecule has 33 heavy (non-hydrogen) atoms. The first-order valence-corrected chi connectivity index (χ1v) is 11.6. The number of hydrogen-bond acceptors (Lipinski definition) is 6. The number of carbonyl (C=O) groups is 1. The van der Waals surface area contributed by atoms with Crippen LogP contribution in [0, 0.1) is 6.92 Å². The van der Waals surface area contributed by atoms with Crippen LogP contribution in [0.2, 0.25) is 5.02 Å². The standard InChI is InChI=1S/C25H29ClN4O3/c1-18-23(24(28-33-18)19-8-3-4-9-20(19)26)25(31)27-12-7-13-29-14-16-30(17-15-29)21-10-5-6-11-22(21)32-2/h3-6,8-11H,7,12-17H2,1-2H3,(H,27,31). The molecule has 0 atom stereocenters. The zero-order valence-corrected chi connectivity index (χ0v) is 19.8. The Kier molecular flexibility index (Phi) is 7.52. The number of anilines is 1. The molecule has 1 N–H and O–H groups in total. The van der Waals surface area contributed by atoms with Crippen molar-refractivity contribution in [2.75, 3.05) is 51.3 Å². The zero-order chi connectivity index (χ0) is 23.2. The van der Waals surface area contributed by atoms with Crippen molar-refractivity contribution in [3.05, 3.63) is 64.9 Å². The second-order valence-electron chi connectivity index (χ2n) is 8.05. The van der Waals surface area contributed by atoms with Gasteiger partial charge in [-0.05, 0) is 38.1 Å². The second kappa shape index (κ2) is 10.7. The number of ether oxygens (including phenoxy) is 1. The molecule has 4 rings (SSSR count). The summed E-state index contributed by atoms with van der Waals surface area (Å²) in [5.74, 6) is 1.20. The molecule has 174 valence electrons. The maximum Gasteiger partial charge on any atom is 0.257 e. The minimum absolute atomic E-state index is 0.190. The van der Waals surface area contributed by atoms with Crippen molar-refractivity contribution in [2.24, 2.45) is 0 Å². The van der Waals surface area contributed by atoms with E-state index >= 15 is 0 Å². The van der Waals surface area contributed by atoms with Gasteiger partial charge in [0.2, 0.25) is 0 Å². The number of nitrogens with zero attached hydrogens (tertiary/aromatic N) is 3. The Hall–Kier alpha value is -3.03. The number of rotatable bonds is 8. The average molecular weight is 469 g/mol. The van der Waals surface area contributed by atoms with E-state index in [0.29, 0.717) is 34.1 Å². The van der Waals surface area contributed by atoms with Gasteiger partial charge in [0.25, 0.3) is 5.91 Å². The number of carbonyl (C=O) groups excluding carboxylic acids is 1. The van der Waals surface area contributed by atoms with Crippen molar-refractivity contribution in [3.8, 4) is 17.0 Å². The van der Waals surface area contributed by atoms with Gasteiger partial charge in [-0.1, -0.05) is 47.1 Å². The monoisotopic (exact) mass is 468 g/mol. The smallest absolute Gasteiger partial charge is 0.257 e. The van der Waals surface area contributed by atoms with E-state index in [1.807, 2.05) is 36.4 Å². The third kappa shape index (κ3) is 5.31. The van der Waals surface area contributed by atoms with Crippen LogP contribution in [0.3, 0.4) is 0 Å². The van der Waals surface area contributed by atoms with Gasteiger partial charge in [-0.25, -0.2) is 0 Å².